The van der Waals surface area contributed by atoms with Gasteiger partial charge in [-0.1, -0.05) is 13.0 Å². The summed E-state index contributed by atoms with van der Waals surface area (Å²) < 4.78 is 12.9. The third-order valence-electron chi connectivity index (χ3n) is 6.09. The van der Waals surface area contributed by atoms with Crippen molar-refractivity contribution in [2.24, 2.45) is 0 Å². The molecular formula is C26H28N6O3S. The number of hydrogen-bond acceptors (Lipinski definition) is 8. The number of H-pyrrole nitrogens is 1. The molecule has 0 aliphatic heterocycles. The number of thiophene rings is 1. The van der Waals surface area contributed by atoms with Crippen molar-refractivity contribution in [1.29, 1.82) is 0 Å². The van der Waals surface area contributed by atoms with Crippen LogP contribution in [0.1, 0.15) is 48.3 Å². The zero-order valence-corrected chi connectivity index (χ0v) is 21.1. The third-order valence-corrected chi connectivity index (χ3v) is 6.95. The fourth-order valence-corrected chi connectivity index (χ4v) is 5.15. The lowest BCUT2D eigenvalue weighted by molar-refractivity contribution is 0.162. The molecule has 0 spiro atoms. The number of benzene rings is 1. The number of rotatable bonds is 11. The molecular weight excluding hydrogens is 476 g/mol. The van der Waals surface area contributed by atoms with Gasteiger partial charge in [0.05, 0.1) is 18.9 Å². The van der Waals surface area contributed by atoms with E-state index in [4.69, 9.17) is 9.15 Å². The summed E-state index contributed by atoms with van der Waals surface area (Å²) in [5.74, 6) is 2.29. The highest BCUT2D eigenvalue weighted by atomic mass is 32.1. The molecule has 4 aromatic heterocycles. The maximum absolute atomic E-state index is 13.1. The lowest BCUT2D eigenvalue weighted by Crippen LogP contribution is -2.32. The second-order valence-electron chi connectivity index (χ2n) is 8.49. The van der Waals surface area contributed by atoms with E-state index < -0.39 is 0 Å². The highest BCUT2D eigenvalue weighted by molar-refractivity contribution is 7.09. The number of hydrogen-bond donors (Lipinski definition) is 1. The fraction of sp³-hybridized carbons (Fsp3) is 0.308. The van der Waals surface area contributed by atoms with Crippen LogP contribution in [-0.2, 0) is 19.6 Å². The Hall–Kier alpha value is -3.76. The van der Waals surface area contributed by atoms with Crippen LogP contribution in [0.25, 0.3) is 10.9 Å². The van der Waals surface area contributed by atoms with Crippen molar-refractivity contribution in [3.05, 3.63) is 92.6 Å². The number of nitrogens with zero attached hydrogens (tertiary/aromatic N) is 5. The molecule has 1 atom stereocenters. The Balaban J connectivity index is 1.50. The molecule has 1 aromatic carbocycles. The molecule has 0 amide bonds. The third kappa shape index (κ3) is 5.24. The predicted molar refractivity (Wildman–Crippen MR) is 138 cm³/mol. The first-order valence-corrected chi connectivity index (χ1v) is 12.9. The summed E-state index contributed by atoms with van der Waals surface area (Å²) >= 11 is 1.69. The van der Waals surface area contributed by atoms with Crippen LogP contribution in [0.15, 0.2) is 69.4 Å². The molecule has 36 heavy (non-hydrogen) atoms. The maximum Gasteiger partial charge on any atom is 0.252 e. The number of furan rings is 1. The molecule has 0 saturated heterocycles. The van der Waals surface area contributed by atoms with E-state index in [0.29, 0.717) is 31.8 Å². The van der Waals surface area contributed by atoms with Crippen molar-refractivity contribution in [2.75, 3.05) is 6.61 Å². The van der Waals surface area contributed by atoms with Crippen LogP contribution < -0.4 is 10.3 Å². The first kappa shape index (κ1) is 24.0. The minimum atomic E-state index is -0.109. The quantitative estimate of drug-likeness (QED) is 0.276. The summed E-state index contributed by atoms with van der Waals surface area (Å²) in [4.78, 5) is 19.6. The average molecular weight is 505 g/mol. The zero-order chi connectivity index (χ0) is 24.9. The molecule has 0 radical (unpaired) electrons. The number of aromatic nitrogens is 5. The molecule has 9 nitrogen and oxygen atoms in total. The monoisotopic (exact) mass is 504 g/mol. The highest BCUT2D eigenvalue weighted by Crippen LogP contribution is 2.28. The Morgan fingerprint density at radius 2 is 2.08 bits per heavy atom. The average Bonchev–Trinajstić information content (AvgIpc) is 3.65. The van der Waals surface area contributed by atoms with Crippen molar-refractivity contribution >= 4 is 22.2 Å². The topological polar surface area (TPSA) is 102 Å². The zero-order valence-electron chi connectivity index (χ0n) is 20.3. The van der Waals surface area contributed by atoms with Gasteiger partial charge in [0, 0.05) is 34.4 Å². The van der Waals surface area contributed by atoms with E-state index in [9.17, 15) is 4.79 Å². The molecule has 0 saturated carbocycles. The van der Waals surface area contributed by atoms with Gasteiger partial charge in [-0.05, 0) is 71.6 Å². The van der Waals surface area contributed by atoms with Crippen LogP contribution in [0, 0.1) is 0 Å². The predicted octanol–water partition coefficient (Wildman–Crippen LogP) is 4.77. The first-order valence-electron chi connectivity index (χ1n) is 12.0. The normalized spacial score (nSPS) is 12.4. The number of ether oxygens (including phenoxy) is 1. The van der Waals surface area contributed by atoms with Crippen molar-refractivity contribution in [1.82, 2.24) is 30.1 Å². The van der Waals surface area contributed by atoms with Gasteiger partial charge < -0.3 is 14.1 Å². The summed E-state index contributed by atoms with van der Waals surface area (Å²) in [5, 5.41) is 15.6. The van der Waals surface area contributed by atoms with Crippen LogP contribution in [0.5, 0.6) is 5.75 Å². The van der Waals surface area contributed by atoms with E-state index in [1.54, 1.807) is 22.3 Å². The number of aromatic amines is 1. The minimum absolute atomic E-state index is 0.104. The van der Waals surface area contributed by atoms with E-state index in [0.717, 1.165) is 34.7 Å². The molecule has 0 aliphatic rings. The molecule has 10 heteroatoms. The van der Waals surface area contributed by atoms with Gasteiger partial charge in [-0.2, -0.15) is 0 Å². The molecule has 5 aromatic rings. The lowest BCUT2D eigenvalue weighted by Gasteiger charge is -2.29. The Labute approximate surface area is 212 Å². The number of nitrogens with one attached hydrogen (secondary N) is 1. The first-order chi connectivity index (χ1) is 17.6. The summed E-state index contributed by atoms with van der Waals surface area (Å²) in [6.07, 6.45) is 2.41. The molecule has 0 aliphatic carbocycles. The molecule has 0 bridgehead atoms. The van der Waals surface area contributed by atoms with Crippen LogP contribution in [0.4, 0.5) is 0 Å². The van der Waals surface area contributed by atoms with E-state index in [-0.39, 0.29) is 11.6 Å². The van der Waals surface area contributed by atoms with Gasteiger partial charge in [0.25, 0.3) is 5.56 Å². The van der Waals surface area contributed by atoms with Crippen LogP contribution in [0.2, 0.25) is 0 Å². The lowest BCUT2D eigenvalue weighted by atomic mass is 10.1. The molecule has 5 rings (SSSR count). The smallest absolute Gasteiger partial charge is 0.252 e. The molecule has 0 fully saturated rings. The van der Waals surface area contributed by atoms with Crippen LogP contribution in [-0.4, -0.2) is 36.7 Å². The summed E-state index contributed by atoms with van der Waals surface area (Å²) in [5.41, 5.74) is 1.36. The van der Waals surface area contributed by atoms with Gasteiger partial charge in [-0.3, -0.25) is 9.69 Å². The highest BCUT2D eigenvalue weighted by Gasteiger charge is 2.26. The Morgan fingerprint density at radius 3 is 2.83 bits per heavy atom. The number of tetrazole rings is 1. The summed E-state index contributed by atoms with van der Waals surface area (Å²) in [6.45, 7) is 6.19. The van der Waals surface area contributed by atoms with E-state index in [1.165, 1.54) is 4.88 Å². The number of fused-ring (bicyclic) bond motifs is 1. The maximum atomic E-state index is 13.1. The van der Waals surface area contributed by atoms with Crippen molar-refractivity contribution < 1.29 is 9.15 Å². The second kappa shape index (κ2) is 10.9. The van der Waals surface area contributed by atoms with Gasteiger partial charge in [0.1, 0.15) is 18.1 Å². The Kier molecular flexibility index (Phi) is 7.24. The van der Waals surface area contributed by atoms with Gasteiger partial charge in [0.15, 0.2) is 5.82 Å². The fourth-order valence-electron chi connectivity index (χ4n) is 4.42. The molecule has 186 valence electrons. The van der Waals surface area contributed by atoms with Gasteiger partial charge in [-0.15, -0.1) is 16.4 Å². The van der Waals surface area contributed by atoms with Gasteiger partial charge in [0.2, 0.25) is 0 Å². The van der Waals surface area contributed by atoms with Crippen molar-refractivity contribution in [3.63, 3.8) is 0 Å². The Bertz CT molecular complexity index is 1460. The van der Waals surface area contributed by atoms with E-state index >= 15 is 0 Å². The van der Waals surface area contributed by atoms with Gasteiger partial charge >= 0.3 is 0 Å². The molecule has 4 heterocycles. The largest absolute Gasteiger partial charge is 0.494 e. The van der Waals surface area contributed by atoms with E-state index in [1.807, 2.05) is 49.4 Å². The van der Waals surface area contributed by atoms with Crippen molar-refractivity contribution in [2.45, 2.75) is 45.9 Å². The van der Waals surface area contributed by atoms with Crippen LogP contribution in [0.3, 0.4) is 0 Å². The summed E-state index contributed by atoms with van der Waals surface area (Å²) in [6, 6.07) is 15.5. The molecule has 1 N–H and O–H groups in total. The van der Waals surface area contributed by atoms with E-state index in [2.05, 4.69) is 43.8 Å². The standard InChI is InChI=1S/C26H28N6O3S/c1-3-24(25-28-29-30-32(25)16-21-7-5-11-35-21)31(17-22-8-6-12-36-22)15-19-13-18-14-20(34-4-2)9-10-23(18)27-26(19)33/h5-14,24H,3-4,15-17H2,1-2H3,(H,27,33)/t24-/m1/s1. The van der Waals surface area contributed by atoms with Gasteiger partial charge in [-0.25, -0.2) is 4.68 Å². The van der Waals surface area contributed by atoms with Crippen LogP contribution >= 0.6 is 11.3 Å². The Morgan fingerprint density at radius 1 is 1.17 bits per heavy atom. The molecule has 0 unspecified atom stereocenters. The SMILES string of the molecule is CCOc1ccc2[nH]c(=O)c(CN(Cc3cccs3)[C@H](CC)c3nnnn3Cc3ccco3)cc2c1. The minimum Gasteiger partial charge on any atom is -0.494 e. The number of pyridine rings is 1. The summed E-state index contributed by atoms with van der Waals surface area (Å²) in [7, 11) is 0. The van der Waals surface area contributed by atoms with Crippen molar-refractivity contribution in [3.8, 4) is 5.75 Å². The second-order valence-corrected chi connectivity index (χ2v) is 9.52.